The van der Waals surface area contributed by atoms with Crippen LogP contribution in [0.25, 0.3) is 0 Å². The number of hydrogen-bond donors (Lipinski definition) is 1. The predicted molar refractivity (Wildman–Crippen MR) is 72.0 cm³/mol. The van der Waals surface area contributed by atoms with Gasteiger partial charge in [0.25, 0.3) is 5.69 Å². The molecule has 1 N–H and O–H groups in total. The number of nitrogens with zero attached hydrogens (tertiary/aromatic N) is 6. The third kappa shape index (κ3) is 3.34. The lowest BCUT2D eigenvalue weighted by atomic mass is 10.2. The number of hydrogen-bond acceptors (Lipinski definition) is 8. The maximum absolute atomic E-state index is 10.5. The van der Waals surface area contributed by atoms with E-state index in [2.05, 4.69) is 20.6 Å². The average Bonchev–Trinajstić information content (AvgIpc) is 2.81. The van der Waals surface area contributed by atoms with Crippen molar-refractivity contribution in [2.45, 2.75) is 0 Å². The molecule has 0 bridgehead atoms. The topological polar surface area (TPSA) is 141 Å². The van der Waals surface area contributed by atoms with Gasteiger partial charge in [-0.05, 0) is 27.6 Å². The van der Waals surface area contributed by atoms with Crippen molar-refractivity contribution >= 4 is 23.8 Å². The summed E-state index contributed by atoms with van der Waals surface area (Å²) >= 11 is 0. The zero-order valence-corrected chi connectivity index (χ0v) is 10.7. The van der Waals surface area contributed by atoms with Crippen LogP contribution in [-0.2, 0) is 7.05 Å². The Hall–Kier alpha value is -3.37. The van der Waals surface area contributed by atoms with Gasteiger partial charge in [-0.25, -0.2) is 5.43 Å². The SMILES string of the molecule is Cn1nc([N+](=O)[O-])nc1N/N=C\c1ccc([N+](=O)[O-])cc1. The molecule has 0 saturated heterocycles. The first-order valence-electron chi connectivity index (χ1n) is 5.56. The van der Waals surface area contributed by atoms with Crippen LogP contribution in [0.4, 0.5) is 17.6 Å². The predicted octanol–water partition coefficient (Wildman–Crippen LogP) is 1.08. The Kier molecular flexibility index (Phi) is 3.83. The number of hydrazone groups is 1. The number of anilines is 1. The summed E-state index contributed by atoms with van der Waals surface area (Å²) in [6, 6.07) is 5.72. The summed E-state index contributed by atoms with van der Waals surface area (Å²) in [7, 11) is 1.48. The van der Waals surface area contributed by atoms with Crippen molar-refractivity contribution in [3.05, 3.63) is 50.1 Å². The number of nitrogens with one attached hydrogen (secondary N) is 1. The molecule has 2 rings (SSSR count). The lowest BCUT2D eigenvalue weighted by molar-refractivity contribution is -0.394. The van der Waals surface area contributed by atoms with E-state index in [0.717, 1.165) is 0 Å². The molecule has 1 aromatic heterocycles. The number of rotatable bonds is 5. The van der Waals surface area contributed by atoms with Crippen LogP contribution in [0.15, 0.2) is 29.4 Å². The molecule has 2 aromatic rings. The van der Waals surface area contributed by atoms with Gasteiger partial charge in [0.2, 0.25) is 0 Å². The van der Waals surface area contributed by atoms with E-state index in [0.29, 0.717) is 5.56 Å². The summed E-state index contributed by atoms with van der Waals surface area (Å²) in [6.45, 7) is 0. The summed E-state index contributed by atoms with van der Waals surface area (Å²) < 4.78 is 1.17. The normalized spacial score (nSPS) is 10.7. The van der Waals surface area contributed by atoms with Gasteiger partial charge in [0.05, 0.1) is 11.1 Å². The molecule has 0 spiro atoms. The Morgan fingerprint density at radius 1 is 1.24 bits per heavy atom. The van der Waals surface area contributed by atoms with Crippen LogP contribution < -0.4 is 5.43 Å². The number of non-ortho nitro benzene ring substituents is 1. The second kappa shape index (κ2) is 5.73. The Balaban J connectivity index is 2.05. The molecule has 0 aliphatic carbocycles. The Labute approximate surface area is 117 Å². The largest absolute Gasteiger partial charge is 0.493 e. The minimum absolute atomic E-state index is 0.0240. The molecule has 108 valence electrons. The molecule has 0 radical (unpaired) electrons. The molecule has 0 atom stereocenters. The monoisotopic (exact) mass is 291 g/mol. The van der Waals surface area contributed by atoms with Gasteiger partial charge in [0.1, 0.15) is 0 Å². The van der Waals surface area contributed by atoms with Gasteiger partial charge in [-0.3, -0.25) is 10.1 Å². The highest BCUT2D eigenvalue weighted by Gasteiger charge is 2.18. The van der Waals surface area contributed by atoms with E-state index in [1.54, 1.807) is 0 Å². The smallest absolute Gasteiger partial charge is 0.390 e. The zero-order chi connectivity index (χ0) is 15.4. The van der Waals surface area contributed by atoms with Crippen LogP contribution in [-0.4, -0.2) is 30.8 Å². The Morgan fingerprint density at radius 3 is 2.43 bits per heavy atom. The van der Waals surface area contributed by atoms with Crippen LogP contribution in [0.5, 0.6) is 0 Å². The van der Waals surface area contributed by atoms with Crippen LogP contribution in [0.2, 0.25) is 0 Å². The Morgan fingerprint density at radius 2 is 1.90 bits per heavy atom. The summed E-state index contributed by atoms with van der Waals surface area (Å²) in [6.07, 6.45) is 1.39. The van der Waals surface area contributed by atoms with Crippen LogP contribution in [0.1, 0.15) is 5.56 Å². The lowest BCUT2D eigenvalue weighted by Gasteiger charge is -1.94. The fraction of sp³-hybridized carbons (Fsp3) is 0.100. The van der Waals surface area contributed by atoms with Crippen LogP contribution in [0, 0.1) is 20.2 Å². The molecule has 1 heterocycles. The van der Waals surface area contributed by atoms with Crippen molar-refractivity contribution < 1.29 is 9.85 Å². The molecular formula is C10H9N7O4. The van der Waals surface area contributed by atoms with Crippen LogP contribution in [0.3, 0.4) is 0 Å². The molecule has 0 aliphatic rings. The first-order chi connectivity index (χ1) is 9.97. The fourth-order valence-corrected chi connectivity index (χ4v) is 1.39. The third-order valence-corrected chi connectivity index (χ3v) is 2.40. The number of aryl methyl sites for hydroxylation is 1. The molecule has 11 nitrogen and oxygen atoms in total. The van der Waals surface area contributed by atoms with Crippen molar-refractivity contribution in [2.24, 2.45) is 12.1 Å². The first kappa shape index (κ1) is 14.0. The average molecular weight is 291 g/mol. The van der Waals surface area contributed by atoms with Gasteiger partial charge in [0.15, 0.2) is 0 Å². The zero-order valence-electron chi connectivity index (χ0n) is 10.7. The number of benzene rings is 1. The second-order valence-corrected chi connectivity index (χ2v) is 3.83. The maximum Gasteiger partial charge on any atom is 0.493 e. The maximum atomic E-state index is 10.5. The number of nitro benzene ring substituents is 1. The summed E-state index contributed by atoms with van der Waals surface area (Å²) in [4.78, 5) is 23.4. The third-order valence-electron chi connectivity index (χ3n) is 2.40. The van der Waals surface area contributed by atoms with E-state index in [9.17, 15) is 20.2 Å². The minimum Gasteiger partial charge on any atom is -0.390 e. The van der Waals surface area contributed by atoms with E-state index in [1.165, 1.54) is 42.2 Å². The van der Waals surface area contributed by atoms with Crippen molar-refractivity contribution in [3.8, 4) is 0 Å². The summed E-state index contributed by atoms with van der Waals surface area (Å²) in [5.74, 6) is -0.439. The van der Waals surface area contributed by atoms with Crippen LogP contribution >= 0.6 is 0 Å². The van der Waals surface area contributed by atoms with Gasteiger partial charge in [-0.2, -0.15) is 9.78 Å². The van der Waals surface area contributed by atoms with Crippen molar-refractivity contribution in [1.29, 1.82) is 0 Å². The molecule has 1 aromatic carbocycles. The lowest BCUT2D eigenvalue weighted by Crippen LogP contribution is -2.00. The molecule has 0 unspecified atom stereocenters. The highest BCUT2D eigenvalue weighted by Crippen LogP contribution is 2.11. The van der Waals surface area contributed by atoms with E-state index >= 15 is 0 Å². The number of aromatic nitrogens is 3. The van der Waals surface area contributed by atoms with Crippen molar-refractivity contribution in [1.82, 2.24) is 14.8 Å². The Bertz CT molecular complexity index is 707. The minimum atomic E-state index is -0.717. The van der Waals surface area contributed by atoms with Gasteiger partial charge >= 0.3 is 11.9 Å². The molecule has 21 heavy (non-hydrogen) atoms. The molecule has 0 amide bonds. The van der Waals surface area contributed by atoms with Gasteiger partial charge in [0, 0.05) is 24.3 Å². The summed E-state index contributed by atoms with van der Waals surface area (Å²) in [5, 5.41) is 28.4. The van der Waals surface area contributed by atoms with E-state index in [1.807, 2.05) is 0 Å². The first-order valence-corrected chi connectivity index (χ1v) is 5.56. The highest BCUT2D eigenvalue weighted by molar-refractivity contribution is 5.80. The molecule has 0 saturated carbocycles. The van der Waals surface area contributed by atoms with Crippen molar-refractivity contribution in [3.63, 3.8) is 0 Å². The van der Waals surface area contributed by atoms with Gasteiger partial charge < -0.3 is 10.1 Å². The van der Waals surface area contributed by atoms with E-state index in [-0.39, 0.29) is 11.6 Å². The van der Waals surface area contributed by atoms with Gasteiger partial charge in [-0.15, -0.1) is 0 Å². The molecule has 0 fully saturated rings. The van der Waals surface area contributed by atoms with Gasteiger partial charge in [-0.1, -0.05) is 0 Å². The highest BCUT2D eigenvalue weighted by atomic mass is 16.6. The summed E-state index contributed by atoms with van der Waals surface area (Å²) in [5.41, 5.74) is 3.09. The second-order valence-electron chi connectivity index (χ2n) is 3.83. The molecular weight excluding hydrogens is 282 g/mol. The fourth-order valence-electron chi connectivity index (χ4n) is 1.39. The van der Waals surface area contributed by atoms with E-state index in [4.69, 9.17) is 0 Å². The molecule has 11 heteroatoms. The van der Waals surface area contributed by atoms with Crippen molar-refractivity contribution in [2.75, 3.05) is 5.43 Å². The standard InChI is InChI=1S/C10H9N7O4/c1-15-9(12-10(14-15)17(20)21)13-11-6-7-2-4-8(5-3-7)16(18)19/h2-6H,1H3,(H,12,13,14)/b11-6-. The quantitative estimate of drug-likeness (QED) is 0.493. The number of nitro groups is 2. The van der Waals surface area contributed by atoms with E-state index < -0.39 is 15.8 Å². The molecule has 0 aliphatic heterocycles.